The van der Waals surface area contributed by atoms with E-state index in [1.807, 2.05) is 0 Å². The maximum absolute atomic E-state index is 13.0. The van der Waals surface area contributed by atoms with E-state index in [2.05, 4.69) is 6.58 Å². The van der Waals surface area contributed by atoms with Gasteiger partial charge in [0.05, 0.1) is 23.2 Å². The van der Waals surface area contributed by atoms with Crippen LogP contribution in [0.25, 0.3) is 5.76 Å². The molecule has 0 unspecified atom stereocenters. The molecular weight excluding hydrogens is 392 g/mol. The van der Waals surface area contributed by atoms with Gasteiger partial charge in [-0.15, -0.1) is 6.58 Å². The molecule has 2 aliphatic rings. The van der Waals surface area contributed by atoms with Gasteiger partial charge in [0, 0.05) is 24.0 Å². The van der Waals surface area contributed by atoms with Gasteiger partial charge < -0.3 is 19.7 Å². The van der Waals surface area contributed by atoms with Crippen LogP contribution in [0.5, 0.6) is 11.5 Å². The summed E-state index contributed by atoms with van der Waals surface area (Å²) in [6, 6.07) is 0. The molecule has 2 N–H and O–H groups in total. The molecule has 1 heterocycles. The Bertz CT molecular complexity index is 1060. The number of carbonyl (C=O) groups is 4. The third-order valence-corrected chi connectivity index (χ3v) is 5.63. The van der Waals surface area contributed by atoms with Crippen molar-refractivity contribution in [1.82, 2.24) is 0 Å². The fourth-order valence-corrected chi connectivity index (χ4v) is 4.15. The highest BCUT2D eigenvalue weighted by Crippen LogP contribution is 2.54. The fourth-order valence-electron chi connectivity index (χ4n) is 4.15. The van der Waals surface area contributed by atoms with Gasteiger partial charge in [-0.05, 0) is 25.8 Å². The van der Waals surface area contributed by atoms with E-state index in [-0.39, 0.29) is 46.6 Å². The van der Waals surface area contributed by atoms with E-state index in [0.29, 0.717) is 0 Å². The minimum atomic E-state index is -1.20. The second-order valence-corrected chi connectivity index (χ2v) is 7.77. The summed E-state index contributed by atoms with van der Waals surface area (Å²) in [6.45, 7) is 9.23. The lowest BCUT2D eigenvalue weighted by atomic mass is 9.73. The summed E-state index contributed by atoms with van der Waals surface area (Å²) in [5, 5.41) is 21.7. The third kappa shape index (κ3) is 2.82. The Labute approximate surface area is 172 Å². The first-order chi connectivity index (χ1) is 14.0. The molecule has 1 aliphatic carbocycles. The van der Waals surface area contributed by atoms with E-state index in [0.717, 1.165) is 0 Å². The van der Waals surface area contributed by atoms with E-state index >= 15 is 0 Å². The van der Waals surface area contributed by atoms with E-state index in [4.69, 9.17) is 9.47 Å². The fraction of sp³-hybridized carbons (Fsp3) is 0.364. The Morgan fingerprint density at radius 2 is 1.87 bits per heavy atom. The summed E-state index contributed by atoms with van der Waals surface area (Å²) in [5.41, 5.74) is -1.36. The van der Waals surface area contributed by atoms with Crippen LogP contribution in [0.3, 0.4) is 0 Å². The number of aromatic hydroxyl groups is 1. The third-order valence-electron chi connectivity index (χ3n) is 5.63. The molecule has 0 bridgehead atoms. The first-order valence-corrected chi connectivity index (χ1v) is 9.36. The Morgan fingerprint density at radius 1 is 1.23 bits per heavy atom. The van der Waals surface area contributed by atoms with Crippen molar-refractivity contribution in [2.75, 3.05) is 6.61 Å². The average molecular weight is 414 g/mol. The second kappa shape index (κ2) is 7.12. The number of rotatable bonds is 5. The molecule has 0 aromatic heterocycles. The zero-order chi connectivity index (χ0) is 22.5. The summed E-state index contributed by atoms with van der Waals surface area (Å²) in [4.78, 5) is 49.4. The van der Waals surface area contributed by atoms with Crippen molar-refractivity contribution in [3.05, 3.63) is 40.5 Å². The summed E-state index contributed by atoms with van der Waals surface area (Å²) in [7, 11) is 0. The molecule has 1 aliphatic heterocycles. The predicted octanol–water partition coefficient (Wildman–Crippen LogP) is 2.69. The van der Waals surface area contributed by atoms with Crippen LogP contribution in [0, 0.1) is 12.8 Å². The lowest BCUT2D eigenvalue weighted by molar-refractivity contribution is -0.142. The zero-order valence-corrected chi connectivity index (χ0v) is 17.1. The molecule has 2 atom stereocenters. The number of phenols is 1. The molecule has 8 nitrogen and oxygen atoms in total. The molecule has 0 spiro atoms. The van der Waals surface area contributed by atoms with Crippen LogP contribution in [0.4, 0.5) is 0 Å². The van der Waals surface area contributed by atoms with Gasteiger partial charge in [-0.1, -0.05) is 13.0 Å². The van der Waals surface area contributed by atoms with Gasteiger partial charge in [0.15, 0.2) is 11.5 Å². The van der Waals surface area contributed by atoms with Crippen LogP contribution in [0.15, 0.2) is 18.2 Å². The van der Waals surface area contributed by atoms with Gasteiger partial charge >= 0.3 is 11.9 Å². The van der Waals surface area contributed by atoms with Crippen LogP contribution < -0.4 is 4.74 Å². The van der Waals surface area contributed by atoms with Crippen molar-refractivity contribution in [3.63, 3.8) is 0 Å². The zero-order valence-electron chi connectivity index (χ0n) is 17.1. The Hall–Kier alpha value is -3.42. The quantitative estimate of drug-likeness (QED) is 0.326. The predicted molar refractivity (Wildman–Crippen MR) is 105 cm³/mol. The van der Waals surface area contributed by atoms with Crippen LogP contribution in [0.2, 0.25) is 0 Å². The van der Waals surface area contributed by atoms with Crippen molar-refractivity contribution >= 4 is 29.3 Å². The first-order valence-electron chi connectivity index (χ1n) is 9.36. The number of hydrogen-bond donors (Lipinski definition) is 2. The lowest BCUT2D eigenvalue weighted by Crippen LogP contribution is -2.32. The number of ether oxygens (including phenoxy) is 2. The molecule has 3 rings (SSSR count). The number of aliphatic hydroxyl groups is 1. The number of esters is 2. The number of fused-ring (bicyclic) bond motifs is 2. The molecule has 30 heavy (non-hydrogen) atoms. The topological polar surface area (TPSA) is 127 Å². The molecule has 0 saturated carbocycles. The Morgan fingerprint density at radius 3 is 2.43 bits per heavy atom. The van der Waals surface area contributed by atoms with Crippen molar-refractivity contribution in [3.8, 4) is 11.5 Å². The van der Waals surface area contributed by atoms with Crippen LogP contribution in [-0.2, 0) is 24.5 Å². The molecule has 1 aromatic rings. The van der Waals surface area contributed by atoms with Crippen molar-refractivity contribution in [1.29, 1.82) is 0 Å². The maximum Gasteiger partial charge on any atom is 0.322 e. The van der Waals surface area contributed by atoms with E-state index in [1.54, 1.807) is 6.92 Å². The number of aliphatic hydroxyl groups excluding tert-OH is 1. The number of allylic oxidation sites excluding steroid dienone is 1. The van der Waals surface area contributed by atoms with Gasteiger partial charge in [-0.25, -0.2) is 0 Å². The second-order valence-electron chi connectivity index (χ2n) is 7.77. The van der Waals surface area contributed by atoms with Gasteiger partial charge in [0.25, 0.3) is 0 Å². The van der Waals surface area contributed by atoms with E-state index < -0.39 is 46.3 Å². The van der Waals surface area contributed by atoms with Crippen LogP contribution in [0.1, 0.15) is 54.2 Å². The lowest BCUT2D eigenvalue weighted by Gasteiger charge is -2.27. The molecule has 0 fully saturated rings. The number of benzene rings is 1. The molecule has 0 saturated heterocycles. The van der Waals surface area contributed by atoms with E-state index in [1.165, 1.54) is 26.8 Å². The summed E-state index contributed by atoms with van der Waals surface area (Å²) < 4.78 is 10.2. The smallest absolute Gasteiger partial charge is 0.322 e. The highest BCUT2D eigenvalue weighted by molar-refractivity contribution is 6.52. The van der Waals surface area contributed by atoms with Crippen molar-refractivity contribution in [2.24, 2.45) is 5.92 Å². The van der Waals surface area contributed by atoms with Crippen LogP contribution in [-0.4, -0.2) is 40.3 Å². The monoisotopic (exact) mass is 414 g/mol. The van der Waals surface area contributed by atoms with Gasteiger partial charge in [0.2, 0.25) is 11.6 Å². The Balaban J connectivity index is 2.29. The molecular formula is C22H22O8. The molecule has 0 radical (unpaired) electrons. The number of phenolic OH excluding ortho intramolecular Hbond substituents is 1. The summed E-state index contributed by atoms with van der Waals surface area (Å²) >= 11 is 0. The number of Topliss-reactive ketones (excluding diaryl/α,β-unsaturated/α-hetero) is 2. The van der Waals surface area contributed by atoms with Gasteiger partial charge in [-0.2, -0.15) is 0 Å². The van der Waals surface area contributed by atoms with Gasteiger partial charge in [0.1, 0.15) is 5.76 Å². The normalized spacial score (nSPS) is 21.1. The first kappa shape index (κ1) is 21.3. The highest BCUT2D eigenvalue weighted by atomic mass is 16.5. The summed E-state index contributed by atoms with van der Waals surface area (Å²) in [6.07, 6.45) is 1.71. The molecule has 0 amide bonds. The summed E-state index contributed by atoms with van der Waals surface area (Å²) in [5.74, 6) is -5.26. The SMILES string of the molecule is C=CC[C@@]1(C)C(=O)Oc2c(O)c3c(c(C)c21)C(=O)C(=O)C([C@@H](C)COC(C)=O)=C3O. The maximum atomic E-state index is 13.0. The average Bonchev–Trinajstić information content (AvgIpc) is 2.93. The highest BCUT2D eigenvalue weighted by Gasteiger charge is 2.50. The molecule has 1 aromatic carbocycles. The molecule has 8 heteroatoms. The van der Waals surface area contributed by atoms with E-state index in [9.17, 15) is 29.4 Å². The van der Waals surface area contributed by atoms with Gasteiger partial charge in [-0.3, -0.25) is 19.2 Å². The van der Waals surface area contributed by atoms with Crippen LogP contribution >= 0.6 is 0 Å². The largest absolute Gasteiger partial charge is 0.507 e. The number of ketones is 2. The standard InChI is InChI=1S/C22H22O8/c1-6-7-22(5)15-10(3)13-14(19(27)20(15)30-21(22)28)16(24)12(17(25)18(13)26)9(2)8-29-11(4)23/h6,9,24,27H,1,7-8H2,2-5H3/t9-,22+/m0/s1. The Kier molecular flexibility index (Phi) is 5.06. The minimum Gasteiger partial charge on any atom is -0.507 e. The number of carbonyl (C=O) groups excluding carboxylic acids is 4. The minimum absolute atomic E-state index is 0.152. The molecule has 158 valence electrons. The van der Waals surface area contributed by atoms with Crippen molar-refractivity contribution < 1.29 is 38.9 Å². The number of hydrogen-bond acceptors (Lipinski definition) is 8. The van der Waals surface area contributed by atoms with Crippen molar-refractivity contribution in [2.45, 2.75) is 39.5 Å².